The molecule has 0 unspecified atom stereocenters. The van der Waals surface area contributed by atoms with Crippen molar-refractivity contribution in [2.24, 2.45) is 0 Å². The number of benzene rings is 1. The van der Waals surface area contributed by atoms with Gasteiger partial charge in [0.05, 0.1) is 11.5 Å². The Morgan fingerprint density at radius 2 is 2.20 bits per heavy atom. The van der Waals surface area contributed by atoms with Crippen LogP contribution >= 0.6 is 0 Å². The molecule has 0 amide bonds. The van der Waals surface area contributed by atoms with Gasteiger partial charge in [-0.2, -0.15) is 0 Å². The van der Waals surface area contributed by atoms with Gasteiger partial charge in [-0.25, -0.2) is 4.79 Å². The molecule has 0 radical (unpaired) electrons. The summed E-state index contributed by atoms with van der Waals surface area (Å²) >= 11 is 0. The van der Waals surface area contributed by atoms with Gasteiger partial charge in [-0.15, -0.1) is 10.2 Å². The molecule has 1 aromatic heterocycles. The topological polar surface area (TPSA) is 108 Å². The van der Waals surface area contributed by atoms with Gasteiger partial charge >= 0.3 is 11.9 Å². The molecule has 0 fully saturated rings. The van der Waals surface area contributed by atoms with Gasteiger partial charge in [0, 0.05) is 17.2 Å². The summed E-state index contributed by atoms with van der Waals surface area (Å²) in [5.41, 5.74) is 0.826. The molecule has 0 aliphatic heterocycles. The Bertz CT molecular complexity index is 665. The number of aryl methyl sites for hydroxylation is 1. The van der Waals surface area contributed by atoms with Gasteiger partial charge in [0.15, 0.2) is 0 Å². The van der Waals surface area contributed by atoms with Gasteiger partial charge in [0.1, 0.15) is 0 Å². The highest BCUT2D eigenvalue weighted by Crippen LogP contribution is 2.26. The van der Waals surface area contributed by atoms with Crippen LogP contribution < -0.4 is 0 Å². The van der Waals surface area contributed by atoms with Crippen molar-refractivity contribution in [3.05, 3.63) is 39.8 Å². The third-order valence-corrected chi connectivity index (χ3v) is 2.53. The van der Waals surface area contributed by atoms with E-state index >= 15 is 0 Å². The molecule has 8 nitrogen and oxygen atoms in total. The van der Waals surface area contributed by atoms with Gasteiger partial charge in [0.25, 0.3) is 5.69 Å². The first-order valence-electron chi connectivity index (χ1n) is 5.79. The van der Waals surface area contributed by atoms with E-state index in [1.165, 1.54) is 6.07 Å². The van der Waals surface area contributed by atoms with Gasteiger partial charge in [0.2, 0.25) is 5.89 Å². The summed E-state index contributed by atoms with van der Waals surface area (Å²) in [6.45, 7) is 3.46. The van der Waals surface area contributed by atoms with Crippen LogP contribution in [0, 0.1) is 17.0 Å². The van der Waals surface area contributed by atoms with E-state index in [1.807, 2.05) is 0 Å². The average molecular weight is 277 g/mol. The maximum Gasteiger partial charge on any atom is 0.396 e. The molecule has 0 N–H and O–H groups in total. The van der Waals surface area contributed by atoms with Crippen molar-refractivity contribution in [2.75, 3.05) is 6.61 Å². The summed E-state index contributed by atoms with van der Waals surface area (Å²) in [5.74, 6) is -0.992. The highest BCUT2D eigenvalue weighted by molar-refractivity contribution is 5.84. The number of rotatable bonds is 4. The molecule has 20 heavy (non-hydrogen) atoms. The van der Waals surface area contributed by atoms with Crippen molar-refractivity contribution < 1.29 is 18.9 Å². The van der Waals surface area contributed by atoms with Crippen molar-refractivity contribution in [1.29, 1.82) is 0 Å². The first kappa shape index (κ1) is 13.7. The fourth-order valence-corrected chi connectivity index (χ4v) is 1.55. The van der Waals surface area contributed by atoms with Crippen LogP contribution in [0.1, 0.15) is 23.2 Å². The zero-order valence-corrected chi connectivity index (χ0v) is 10.8. The number of esters is 1. The Kier molecular flexibility index (Phi) is 3.74. The predicted octanol–water partition coefficient (Wildman–Crippen LogP) is 2.13. The average Bonchev–Trinajstić information content (AvgIpc) is 2.89. The van der Waals surface area contributed by atoms with Gasteiger partial charge < -0.3 is 9.15 Å². The fourth-order valence-electron chi connectivity index (χ4n) is 1.55. The van der Waals surface area contributed by atoms with E-state index in [1.54, 1.807) is 26.0 Å². The summed E-state index contributed by atoms with van der Waals surface area (Å²) < 4.78 is 9.85. The second kappa shape index (κ2) is 5.47. The molecule has 0 atom stereocenters. The van der Waals surface area contributed by atoms with E-state index < -0.39 is 10.9 Å². The van der Waals surface area contributed by atoms with Crippen molar-refractivity contribution in [1.82, 2.24) is 10.2 Å². The highest BCUT2D eigenvalue weighted by Gasteiger charge is 2.19. The van der Waals surface area contributed by atoms with Crippen LogP contribution in [-0.2, 0) is 4.74 Å². The normalized spacial score (nSPS) is 10.3. The maximum absolute atomic E-state index is 11.4. The fraction of sp³-hybridized carbons (Fsp3) is 0.250. The smallest absolute Gasteiger partial charge is 0.396 e. The molecule has 0 saturated heterocycles. The lowest BCUT2D eigenvalue weighted by atomic mass is 10.1. The summed E-state index contributed by atoms with van der Waals surface area (Å²) in [6, 6.07) is 4.49. The lowest BCUT2D eigenvalue weighted by Crippen LogP contribution is -2.04. The molecule has 2 aromatic rings. The predicted molar refractivity (Wildman–Crippen MR) is 67.1 cm³/mol. The SMILES string of the molecule is CCOC(=O)c1nnc(-c2ccc(C)c([N+](=O)[O-])c2)o1. The van der Waals surface area contributed by atoms with Crippen LogP contribution in [0.25, 0.3) is 11.5 Å². The minimum absolute atomic E-state index is 0.0242. The standard InChI is InChI=1S/C12H11N3O5/c1-3-19-12(16)11-14-13-10(20-11)8-5-4-7(2)9(6-8)15(17)18/h4-6H,3H2,1-2H3. The van der Waals surface area contributed by atoms with E-state index in [0.717, 1.165) is 0 Å². The van der Waals surface area contributed by atoms with Crippen LogP contribution in [0.4, 0.5) is 5.69 Å². The van der Waals surface area contributed by atoms with E-state index in [4.69, 9.17) is 9.15 Å². The lowest BCUT2D eigenvalue weighted by molar-refractivity contribution is -0.385. The molecule has 1 heterocycles. The van der Waals surface area contributed by atoms with Crippen molar-refractivity contribution in [3.63, 3.8) is 0 Å². The van der Waals surface area contributed by atoms with Gasteiger partial charge in [-0.05, 0) is 19.9 Å². The molecule has 1 aromatic carbocycles. The first-order valence-corrected chi connectivity index (χ1v) is 5.79. The number of nitrogens with zero attached hydrogens (tertiary/aromatic N) is 3. The number of nitro benzene ring substituents is 1. The van der Waals surface area contributed by atoms with Crippen molar-refractivity contribution in [2.45, 2.75) is 13.8 Å². The number of carbonyl (C=O) groups excluding carboxylic acids is 1. The van der Waals surface area contributed by atoms with E-state index in [0.29, 0.717) is 11.1 Å². The lowest BCUT2D eigenvalue weighted by Gasteiger charge is -1.99. The number of nitro groups is 1. The molecule has 2 rings (SSSR count). The minimum Gasteiger partial charge on any atom is -0.459 e. The second-order valence-corrected chi connectivity index (χ2v) is 3.89. The summed E-state index contributed by atoms with van der Waals surface area (Å²) in [5, 5.41) is 18.1. The Morgan fingerprint density at radius 3 is 2.85 bits per heavy atom. The number of aromatic nitrogens is 2. The highest BCUT2D eigenvalue weighted by atomic mass is 16.6. The largest absolute Gasteiger partial charge is 0.459 e. The quantitative estimate of drug-likeness (QED) is 0.478. The van der Waals surface area contributed by atoms with Crippen LogP contribution in [0.15, 0.2) is 22.6 Å². The van der Waals surface area contributed by atoms with E-state index in [-0.39, 0.29) is 24.1 Å². The zero-order chi connectivity index (χ0) is 14.7. The van der Waals surface area contributed by atoms with Crippen molar-refractivity contribution in [3.8, 4) is 11.5 Å². The molecule has 0 aliphatic rings. The van der Waals surface area contributed by atoms with Crippen LogP contribution in [0.3, 0.4) is 0 Å². The molecule has 8 heteroatoms. The zero-order valence-electron chi connectivity index (χ0n) is 10.8. The first-order chi connectivity index (χ1) is 9.52. The van der Waals surface area contributed by atoms with Crippen LogP contribution in [-0.4, -0.2) is 27.7 Å². The number of carbonyl (C=O) groups is 1. The molecular formula is C12H11N3O5. The van der Waals surface area contributed by atoms with Gasteiger partial charge in [-0.3, -0.25) is 10.1 Å². The van der Waals surface area contributed by atoms with E-state index in [2.05, 4.69) is 10.2 Å². The Balaban J connectivity index is 2.35. The molecule has 104 valence electrons. The van der Waals surface area contributed by atoms with E-state index in [9.17, 15) is 14.9 Å². The molecule has 0 saturated carbocycles. The summed E-state index contributed by atoms with van der Waals surface area (Å²) in [6.07, 6.45) is 0. The third-order valence-electron chi connectivity index (χ3n) is 2.53. The van der Waals surface area contributed by atoms with Crippen LogP contribution in [0.2, 0.25) is 0 Å². The number of hydrogen-bond donors (Lipinski definition) is 0. The summed E-state index contributed by atoms with van der Waals surface area (Å²) in [4.78, 5) is 21.8. The summed E-state index contributed by atoms with van der Waals surface area (Å²) in [7, 11) is 0. The van der Waals surface area contributed by atoms with Gasteiger partial charge in [-0.1, -0.05) is 6.07 Å². The molecule has 0 bridgehead atoms. The monoisotopic (exact) mass is 277 g/mol. The van der Waals surface area contributed by atoms with Crippen molar-refractivity contribution >= 4 is 11.7 Å². The Morgan fingerprint density at radius 1 is 1.45 bits per heavy atom. The molecule has 0 aliphatic carbocycles. The molecular weight excluding hydrogens is 266 g/mol. The number of hydrogen-bond acceptors (Lipinski definition) is 7. The molecule has 0 spiro atoms. The maximum atomic E-state index is 11.4. The minimum atomic E-state index is -0.729. The van der Waals surface area contributed by atoms with Crippen LogP contribution in [0.5, 0.6) is 0 Å². The number of ether oxygens (including phenoxy) is 1. The Hall–Kier alpha value is -2.77. The third kappa shape index (κ3) is 2.63. The second-order valence-electron chi connectivity index (χ2n) is 3.89. The Labute approximate surface area is 113 Å².